The molecule has 18 nitrogen and oxygen atoms in total. The Morgan fingerprint density at radius 2 is 1.39 bits per heavy atom. The third-order valence-electron chi connectivity index (χ3n) is 9.31. The molecule has 0 unspecified atom stereocenters. The van der Waals surface area contributed by atoms with Gasteiger partial charge in [0.25, 0.3) is 5.56 Å². The van der Waals surface area contributed by atoms with E-state index < -0.39 is 49.3 Å². The third kappa shape index (κ3) is 10.5. The van der Waals surface area contributed by atoms with Gasteiger partial charge in [-0.25, -0.2) is 14.5 Å². The van der Waals surface area contributed by atoms with Gasteiger partial charge in [0.15, 0.2) is 23.2 Å². The summed E-state index contributed by atoms with van der Waals surface area (Å²) in [7, 11) is -3.84. The van der Waals surface area contributed by atoms with Crippen LogP contribution >= 0.6 is 36.2 Å². The van der Waals surface area contributed by atoms with E-state index in [1.54, 1.807) is 62.4 Å². The maximum absolute atomic E-state index is 14.4. The smallest absolute Gasteiger partial charge is 0.358 e. The van der Waals surface area contributed by atoms with E-state index >= 15 is 0 Å². The average Bonchev–Trinajstić information content (AvgIpc) is 3.90. The van der Waals surface area contributed by atoms with Crippen molar-refractivity contribution >= 4 is 64.7 Å². The zero-order valence-corrected chi connectivity index (χ0v) is 36.7. The monoisotopic (exact) mass is 917 g/mol. The van der Waals surface area contributed by atoms with E-state index in [4.69, 9.17) is 28.0 Å². The summed E-state index contributed by atoms with van der Waals surface area (Å²) in [4.78, 5) is 27.3. The fourth-order valence-corrected chi connectivity index (χ4v) is 14.8. The Bertz CT molecular complexity index is 2590. The van der Waals surface area contributed by atoms with Crippen molar-refractivity contribution in [2.45, 2.75) is 60.7 Å². The van der Waals surface area contributed by atoms with Gasteiger partial charge >= 0.3 is 13.4 Å². The SMILES string of the molecule is CC1(C)O[C@@H]2[C@H](O1)[C@@H](COP(=O)(Nc1ccccc1)Nc1ccccc1)O[C@H]2n1c(N=[N+]=[N-])nc2c(=O)n(COCCOP(=O)(Sc3ccccc3)Sc3ccccc3)cnc21. The number of nitrogens with one attached hydrogen (secondary N) is 2. The second kappa shape index (κ2) is 19.2. The van der Waals surface area contributed by atoms with Gasteiger partial charge in [0.2, 0.25) is 5.95 Å². The normalized spacial score (nSPS) is 19.5. The standard InChI is InChI=1S/C40H41N9O9P2S2/c1-40(2)57-34-32(25-55-59(51,45-28-15-7-3-8-16-28)46-29-17-9-4-10-18-29)56-38(35(34)58-40)49-36-33(43-39(49)44-47-41)37(50)48(26-42-36)27-53-23-24-54-60(52,61-30-19-11-5-12-20-30)62-31-21-13-6-14-22-31/h3-22,26,32,34-35,38H,23-25,27H2,1-2H3,(H2,45,46,51)/t32-,34-,35-,38-/m1/s1. The Morgan fingerprint density at radius 3 is 1.97 bits per heavy atom. The van der Waals surface area contributed by atoms with E-state index in [-0.39, 0.29) is 43.7 Å². The van der Waals surface area contributed by atoms with Crippen LogP contribution in [0.2, 0.25) is 0 Å². The Kier molecular flexibility index (Phi) is 13.5. The number of rotatable bonds is 19. The molecule has 2 aromatic heterocycles. The molecule has 4 aromatic carbocycles. The summed E-state index contributed by atoms with van der Waals surface area (Å²) in [6, 6.07) is 36.6. The number of fused-ring (bicyclic) bond motifs is 2. The molecule has 0 spiro atoms. The fraction of sp³-hybridized carbons (Fsp3) is 0.275. The minimum atomic E-state index is -3.84. The first kappa shape index (κ1) is 43.7. The number of nitrogens with zero attached hydrogens (tertiary/aromatic N) is 7. The lowest BCUT2D eigenvalue weighted by molar-refractivity contribution is -0.198. The molecule has 2 aliphatic heterocycles. The van der Waals surface area contributed by atoms with Crippen LogP contribution in [0.25, 0.3) is 21.6 Å². The van der Waals surface area contributed by atoms with Crippen LogP contribution in [0.3, 0.4) is 0 Å². The van der Waals surface area contributed by atoms with Gasteiger partial charge in [-0.1, -0.05) is 72.8 Å². The summed E-state index contributed by atoms with van der Waals surface area (Å²) in [5.41, 5.74) is 10.0. The van der Waals surface area contributed by atoms with Gasteiger partial charge in [-0.2, -0.15) is 0 Å². The molecule has 22 heteroatoms. The molecule has 0 saturated carbocycles. The lowest BCUT2D eigenvalue weighted by Crippen LogP contribution is -2.33. The predicted molar refractivity (Wildman–Crippen MR) is 236 cm³/mol. The zero-order valence-electron chi connectivity index (χ0n) is 33.3. The molecule has 62 heavy (non-hydrogen) atoms. The molecular weight excluding hydrogens is 877 g/mol. The molecule has 0 radical (unpaired) electrons. The van der Waals surface area contributed by atoms with Gasteiger partial charge < -0.3 is 23.5 Å². The number of hydrogen-bond donors (Lipinski definition) is 2. The van der Waals surface area contributed by atoms with Gasteiger partial charge in [0.05, 0.1) is 19.8 Å². The Morgan fingerprint density at radius 1 is 0.823 bits per heavy atom. The van der Waals surface area contributed by atoms with Crippen molar-refractivity contribution in [3.8, 4) is 0 Å². The fourth-order valence-electron chi connectivity index (χ4n) is 6.73. The molecule has 322 valence electrons. The van der Waals surface area contributed by atoms with E-state index in [1.807, 2.05) is 72.8 Å². The van der Waals surface area contributed by atoms with Crippen molar-refractivity contribution in [2.24, 2.45) is 5.11 Å². The molecule has 2 fully saturated rings. The van der Waals surface area contributed by atoms with Gasteiger partial charge in [-0.15, -0.1) is 0 Å². The van der Waals surface area contributed by atoms with Crippen LogP contribution in [0.15, 0.2) is 147 Å². The molecule has 0 bridgehead atoms. The van der Waals surface area contributed by atoms with Crippen LogP contribution in [0.1, 0.15) is 20.1 Å². The number of ether oxygens (including phenoxy) is 4. The number of anilines is 2. The molecule has 2 saturated heterocycles. The molecule has 0 amide bonds. The molecule has 2 aliphatic rings. The number of imidazole rings is 1. The molecule has 2 N–H and O–H groups in total. The van der Waals surface area contributed by atoms with E-state index in [0.29, 0.717) is 11.4 Å². The van der Waals surface area contributed by atoms with Gasteiger partial charge in [-0.3, -0.25) is 33.2 Å². The third-order valence-corrected chi connectivity index (χ3v) is 17.4. The second-order valence-electron chi connectivity index (χ2n) is 14.2. The lowest BCUT2D eigenvalue weighted by atomic mass is 10.1. The second-order valence-corrected chi connectivity index (χ2v) is 23.2. The Balaban J connectivity index is 0.982. The van der Waals surface area contributed by atoms with Gasteiger partial charge in [0.1, 0.15) is 31.4 Å². The van der Waals surface area contributed by atoms with Crippen molar-refractivity contribution in [1.82, 2.24) is 19.1 Å². The van der Waals surface area contributed by atoms with Crippen LogP contribution < -0.4 is 15.7 Å². The minimum Gasteiger partial charge on any atom is -0.358 e. The highest BCUT2D eigenvalue weighted by atomic mass is 33.1. The topological polar surface area (TPSA) is 215 Å². The van der Waals surface area contributed by atoms with E-state index in [0.717, 1.165) is 32.6 Å². The van der Waals surface area contributed by atoms with Crippen molar-refractivity contribution in [3.05, 3.63) is 148 Å². The first-order valence-corrected chi connectivity index (χ1v) is 25.4. The van der Waals surface area contributed by atoms with Crippen LogP contribution in [0.5, 0.6) is 0 Å². The largest absolute Gasteiger partial charge is 0.391 e. The molecular formula is C40H41N9O9P2S2. The minimum absolute atomic E-state index is 0.00180. The maximum atomic E-state index is 14.4. The quantitative estimate of drug-likeness (QED) is 0.0254. The number of para-hydroxylation sites is 2. The number of benzene rings is 4. The molecule has 0 aliphatic carbocycles. The summed E-state index contributed by atoms with van der Waals surface area (Å²) >= 11 is 2.30. The molecule has 8 rings (SSSR count). The number of hydrogen-bond acceptors (Lipinski definition) is 14. The summed E-state index contributed by atoms with van der Waals surface area (Å²) in [6.07, 6.45) is -2.24. The summed E-state index contributed by atoms with van der Waals surface area (Å²) in [5, 5.41) is 9.77. The molecule has 4 heterocycles. The van der Waals surface area contributed by atoms with Crippen LogP contribution in [-0.2, 0) is 43.9 Å². The summed E-state index contributed by atoms with van der Waals surface area (Å²) < 4.78 is 68.0. The van der Waals surface area contributed by atoms with Crippen molar-refractivity contribution in [1.29, 1.82) is 0 Å². The zero-order chi connectivity index (χ0) is 43.2. The predicted octanol–water partition coefficient (Wildman–Crippen LogP) is 9.98. The first-order valence-electron chi connectivity index (χ1n) is 19.3. The highest BCUT2D eigenvalue weighted by molar-refractivity contribution is 8.89. The van der Waals surface area contributed by atoms with Crippen molar-refractivity contribution in [2.75, 3.05) is 30.0 Å². The molecule has 6 aromatic rings. The highest BCUT2D eigenvalue weighted by Gasteiger charge is 2.57. The van der Waals surface area contributed by atoms with Crippen LogP contribution in [0.4, 0.5) is 17.3 Å². The highest BCUT2D eigenvalue weighted by Crippen LogP contribution is 2.74. The van der Waals surface area contributed by atoms with E-state index in [1.165, 1.54) is 15.5 Å². The van der Waals surface area contributed by atoms with E-state index in [9.17, 15) is 19.5 Å². The first-order chi connectivity index (χ1) is 30.0. The molecule has 4 atom stereocenters. The van der Waals surface area contributed by atoms with Crippen LogP contribution in [0, 0.1) is 0 Å². The number of aromatic nitrogens is 4. The Hall–Kier alpha value is -4.94. The maximum Gasteiger partial charge on any atom is 0.391 e. The van der Waals surface area contributed by atoms with Crippen molar-refractivity contribution in [3.63, 3.8) is 0 Å². The van der Waals surface area contributed by atoms with E-state index in [2.05, 4.69) is 30.2 Å². The average molecular weight is 918 g/mol. The van der Waals surface area contributed by atoms with Crippen LogP contribution in [-0.4, -0.2) is 63.0 Å². The lowest BCUT2D eigenvalue weighted by Gasteiger charge is -2.27. The van der Waals surface area contributed by atoms with Crippen molar-refractivity contribution < 1.29 is 37.1 Å². The Labute approximate surface area is 363 Å². The van der Waals surface area contributed by atoms with Gasteiger partial charge in [0, 0.05) is 26.1 Å². The van der Waals surface area contributed by atoms with Gasteiger partial charge in [-0.05, 0) is 95.8 Å². The number of azide groups is 1. The summed E-state index contributed by atoms with van der Waals surface area (Å²) in [5.74, 6) is -4.62. The summed E-state index contributed by atoms with van der Waals surface area (Å²) in [6.45, 7) is 2.99.